The summed E-state index contributed by atoms with van der Waals surface area (Å²) in [5.41, 5.74) is 3.73. The molecular weight excluding hydrogens is 409 g/mol. The average Bonchev–Trinajstić information content (AvgIpc) is 3.54. The molecule has 0 fully saturated rings. The number of carbonyl (C=O) groups excluding carboxylic acids is 1. The van der Waals surface area contributed by atoms with Crippen molar-refractivity contribution >= 4 is 5.91 Å². The second-order valence-corrected chi connectivity index (χ2v) is 7.70. The van der Waals surface area contributed by atoms with Crippen LogP contribution in [0.5, 0.6) is 5.75 Å². The van der Waals surface area contributed by atoms with Crippen LogP contribution in [0.15, 0.2) is 67.3 Å². The third kappa shape index (κ3) is 3.53. The lowest BCUT2D eigenvalue weighted by atomic mass is 9.96. The molecule has 7 nitrogen and oxygen atoms in total. The van der Waals surface area contributed by atoms with E-state index in [9.17, 15) is 9.18 Å². The van der Waals surface area contributed by atoms with Crippen molar-refractivity contribution in [1.29, 1.82) is 0 Å². The zero-order chi connectivity index (χ0) is 22.1. The maximum atomic E-state index is 13.6. The minimum Gasteiger partial charge on any atom is -0.497 e. The Hall–Kier alpha value is -3.94. The quantitative estimate of drug-likeness (QED) is 0.479. The molecule has 0 saturated heterocycles. The molecule has 5 rings (SSSR count). The van der Waals surface area contributed by atoms with E-state index in [4.69, 9.17) is 4.74 Å². The number of hydrogen-bond acceptors (Lipinski definition) is 4. The number of ether oxygens (including phenoxy) is 1. The van der Waals surface area contributed by atoms with Crippen LogP contribution in [0, 0.1) is 5.82 Å². The Balaban J connectivity index is 1.51. The fourth-order valence-corrected chi connectivity index (χ4v) is 4.23. The summed E-state index contributed by atoms with van der Waals surface area (Å²) >= 11 is 0. The lowest BCUT2D eigenvalue weighted by molar-refractivity contribution is 0.0739. The number of aromatic nitrogens is 4. The molecule has 2 aromatic carbocycles. The number of nitrogens with one attached hydrogen (secondary N) is 1. The molecule has 0 saturated carbocycles. The van der Waals surface area contributed by atoms with E-state index < -0.39 is 0 Å². The van der Waals surface area contributed by atoms with Crippen molar-refractivity contribution in [3.63, 3.8) is 0 Å². The molecule has 8 heteroatoms. The number of rotatable bonds is 7. The van der Waals surface area contributed by atoms with E-state index in [1.807, 2.05) is 39.9 Å². The van der Waals surface area contributed by atoms with E-state index in [1.165, 1.54) is 12.1 Å². The highest BCUT2D eigenvalue weighted by Gasteiger charge is 2.41. The van der Waals surface area contributed by atoms with Crippen molar-refractivity contribution in [2.24, 2.45) is 0 Å². The van der Waals surface area contributed by atoms with E-state index >= 15 is 0 Å². The normalized spacial score (nSPS) is 15.2. The number of aryl methyl sites for hydroxylation is 1. The highest BCUT2D eigenvalue weighted by atomic mass is 19.1. The van der Waals surface area contributed by atoms with Gasteiger partial charge in [0.25, 0.3) is 5.91 Å². The average molecular weight is 431 g/mol. The van der Waals surface area contributed by atoms with Crippen molar-refractivity contribution < 1.29 is 13.9 Å². The third-order valence-corrected chi connectivity index (χ3v) is 5.79. The van der Waals surface area contributed by atoms with Crippen LogP contribution in [0.25, 0.3) is 11.3 Å². The molecule has 1 aliphatic rings. The van der Waals surface area contributed by atoms with Crippen LogP contribution in [-0.2, 0) is 6.54 Å². The van der Waals surface area contributed by atoms with Crippen LogP contribution >= 0.6 is 0 Å². The summed E-state index contributed by atoms with van der Waals surface area (Å²) in [4.78, 5) is 19.2. The highest BCUT2D eigenvalue weighted by Crippen LogP contribution is 2.43. The van der Waals surface area contributed by atoms with Gasteiger partial charge in [-0.15, -0.1) is 0 Å². The zero-order valence-electron chi connectivity index (χ0n) is 17.5. The molecule has 0 aliphatic carbocycles. The number of methoxy groups -OCH3 is 1. The molecule has 0 radical (unpaired) electrons. The molecule has 1 N–H and O–H groups in total. The highest BCUT2D eigenvalue weighted by molar-refractivity contribution is 6.00. The number of benzene rings is 2. The largest absolute Gasteiger partial charge is 0.497 e. The number of aromatic amines is 1. The standard InChI is InChI=1S/C24H22FN5O2/c1-32-19-9-5-16(6-10-19)21-20-22(28-27-21)24(31)30(13-2-12-29-14-11-26-15-29)23(20)17-3-7-18(25)8-4-17/h3-11,14-15,23H,2,12-13H2,1H3,(H,27,28). The monoisotopic (exact) mass is 431 g/mol. The predicted molar refractivity (Wildman–Crippen MR) is 117 cm³/mol. The topological polar surface area (TPSA) is 76.0 Å². The molecule has 2 aromatic heterocycles. The minimum absolute atomic E-state index is 0.104. The summed E-state index contributed by atoms with van der Waals surface area (Å²) in [5, 5.41) is 7.41. The maximum Gasteiger partial charge on any atom is 0.273 e. The van der Waals surface area contributed by atoms with Gasteiger partial charge < -0.3 is 14.2 Å². The molecule has 1 aliphatic heterocycles. The Bertz CT molecular complexity index is 1220. The number of halogens is 1. The molecule has 4 aromatic rings. The number of imidazole rings is 1. The molecule has 3 heterocycles. The fourth-order valence-electron chi connectivity index (χ4n) is 4.23. The van der Waals surface area contributed by atoms with Crippen LogP contribution in [-0.4, -0.2) is 44.2 Å². The van der Waals surface area contributed by atoms with Crippen LogP contribution in [0.3, 0.4) is 0 Å². The lowest BCUT2D eigenvalue weighted by Crippen LogP contribution is -2.31. The van der Waals surface area contributed by atoms with Crippen molar-refractivity contribution in [3.8, 4) is 17.0 Å². The maximum absolute atomic E-state index is 13.6. The number of fused-ring (bicyclic) bond motifs is 1. The van der Waals surface area contributed by atoms with E-state index in [0.29, 0.717) is 17.9 Å². The van der Waals surface area contributed by atoms with Gasteiger partial charge in [0.1, 0.15) is 17.3 Å². The second kappa shape index (κ2) is 8.30. The Morgan fingerprint density at radius 1 is 1.09 bits per heavy atom. The van der Waals surface area contributed by atoms with Gasteiger partial charge in [-0.05, 0) is 48.4 Å². The fraction of sp³-hybridized carbons (Fsp3) is 0.208. The molecule has 1 amide bonds. The molecule has 1 unspecified atom stereocenters. The Morgan fingerprint density at radius 3 is 2.56 bits per heavy atom. The van der Waals surface area contributed by atoms with Gasteiger partial charge in [0.2, 0.25) is 0 Å². The summed E-state index contributed by atoms with van der Waals surface area (Å²) in [7, 11) is 1.62. The zero-order valence-corrected chi connectivity index (χ0v) is 17.5. The summed E-state index contributed by atoms with van der Waals surface area (Å²) in [5.74, 6) is 0.327. The summed E-state index contributed by atoms with van der Waals surface area (Å²) in [6.07, 6.45) is 6.16. The van der Waals surface area contributed by atoms with Crippen molar-refractivity contribution in [2.45, 2.75) is 19.0 Å². The smallest absolute Gasteiger partial charge is 0.273 e. The first-order valence-electron chi connectivity index (χ1n) is 10.4. The van der Waals surface area contributed by atoms with Gasteiger partial charge >= 0.3 is 0 Å². The number of H-pyrrole nitrogens is 1. The summed E-state index contributed by atoms with van der Waals surface area (Å²) in [6, 6.07) is 13.5. The van der Waals surface area contributed by atoms with E-state index in [2.05, 4.69) is 15.2 Å². The van der Waals surface area contributed by atoms with Crippen molar-refractivity contribution in [2.75, 3.05) is 13.7 Å². The van der Waals surface area contributed by atoms with Gasteiger partial charge in [0.15, 0.2) is 0 Å². The Labute approximate surface area is 184 Å². The van der Waals surface area contributed by atoms with Gasteiger partial charge in [0.05, 0.1) is 25.2 Å². The lowest BCUT2D eigenvalue weighted by Gasteiger charge is -2.26. The number of carbonyl (C=O) groups is 1. The number of hydrogen-bond donors (Lipinski definition) is 1. The summed E-state index contributed by atoms with van der Waals surface area (Å²) in [6.45, 7) is 1.29. The van der Waals surface area contributed by atoms with E-state index in [-0.39, 0.29) is 17.8 Å². The minimum atomic E-state index is -0.350. The van der Waals surface area contributed by atoms with Gasteiger partial charge in [-0.25, -0.2) is 9.37 Å². The van der Waals surface area contributed by atoms with Crippen LogP contribution in [0.1, 0.15) is 34.1 Å². The molecule has 32 heavy (non-hydrogen) atoms. The van der Waals surface area contributed by atoms with E-state index in [0.717, 1.165) is 35.4 Å². The number of nitrogens with zero attached hydrogens (tertiary/aromatic N) is 4. The van der Waals surface area contributed by atoms with E-state index in [1.54, 1.807) is 31.8 Å². The summed E-state index contributed by atoms with van der Waals surface area (Å²) < 4.78 is 20.9. The molecule has 0 bridgehead atoms. The van der Waals surface area contributed by atoms with Crippen molar-refractivity contribution in [3.05, 3.63) is 89.9 Å². The van der Waals surface area contributed by atoms with Gasteiger partial charge in [-0.1, -0.05) is 12.1 Å². The Morgan fingerprint density at radius 2 is 1.88 bits per heavy atom. The second-order valence-electron chi connectivity index (χ2n) is 7.70. The van der Waals surface area contributed by atoms with Crippen LogP contribution in [0.4, 0.5) is 4.39 Å². The first-order chi connectivity index (χ1) is 15.7. The Kier molecular flexibility index (Phi) is 5.18. The first-order valence-corrected chi connectivity index (χ1v) is 10.4. The van der Waals surface area contributed by atoms with Gasteiger partial charge in [-0.3, -0.25) is 9.89 Å². The molecule has 0 spiro atoms. The van der Waals surface area contributed by atoms with Gasteiger partial charge in [0, 0.05) is 36.6 Å². The van der Waals surface area contributed by atoms with Crippen LogP contribution in [0.2, 0.25) is 0 Å². The SMILES string of the molecule is COc1ccc(-c2n[nH]c3c2C(c2ccc(F)cc2)N(CCCn2ccnc2)C3=O)cc1. The number of amides is 1. The molecule has 1 atom stereocenters. The van der Waals surface area contributed by atoms with Crippen LogP contribution < -0.4 is 4.74 Å². The first kappa shape index (κ1) is 20.0. The van der Waals surface area contributed by atoms with Gasteiger partial charge in [-0.2, -0.15) is 5.10 Å². The van der Waals surface area contributed by atoms with Crippen molar-refractivity contribution in [1.82, 2.24) is 24.6 Å². The predicted octanol–water partition coefficient (Wildman–Crippen LogP) is 4.06. The molecular formula is C24H22FN5O2. The third-order valence-electron chi connectivity index (χ3n) is 5.79. The molecule has 162 valence electrons.